The molecule has 1 N–H and O–H groups in total. The number of ether oxygens (including phenoxy) is 1. The standard InChI is InChI=1S/C18H18ClNO3/c1-3-13-8-9-15(10-16(13)19)17(21)20-11-12-4-6-14(7-5-12)18(22)23-2/h4-10H,3,11H2,1-2H3,(H,20,21). The number of carbonyl (C=O) groups excluding carboxylic acids is 2. The second-order valence-electron chi connectivity index (χ2n) is 5.03. The van der Waals surface area contributed by atoms with Crippen LogP contribution in [0.3, 0.4) is 0 Å². The summed E-state index contributed by atoms with van der Waals surface area (Å²) >= 11 is 6.13. The van der Waals surface area contributed by atoms with Crippen LogP contribution in [0.15, 0.2) is 42.5 Å². The molecule has 120 valence electrons. The van der Waals surface area contributed by atoms with E-state index in [4.69, 9.17) is 11.6 Å². The van der Waals surface area contributed by atoms with E-state index < -0.39 is 0 Å². The number of aryl methyl sites for hydroxylation is 1. The molecule has 0 fully saturated rings. The van der Waals surface area contributed by atoms with Crippen LogP contribution < -0.4 is 5.32 Å². The lowest BCUT2D eigenvalue weighted by Gasteiger charge is -2.08. The number of nitrogens with one attached hydrogen (secondary N) is 1. The van der Waals surface area contributed by atoms with Crippen molar-refractivity contribution in [1.29, 1.82) is 0 Å². The highest BCUT2D eigenvalue weighted by atomic mass is 35.5. The highest BCUT2D eigenvalue weighted by Crippen LogP contribution is 2.18. The van der Waals surface area contributed by atoms with E-state index >= 15 is 0 Å². The fourth-order valence-corrected chi connectivity index (χ4v) is 2.45. The van der Waals surface area contributed by atoms with Crippen LogP contribution in [0.1, 0.15) is 38.8 Å². The number of hydrogen-bond donors (Lipinski definition) is 1. The molecule has 1 amide bonds. The first-order chi connectivity index (χ1) is 11.0. The number of amides is 1. The predicted molar refractivity (Wildman–Crippen MR) is 89.8 cm³/mol. The summed E-state index contributed by atoms with van der Waals surface area (Å²) < 4.78 is 4.64. The van der Waals surface area contributed by atoms with Crippen LogP contribution in [0.2, 0.25) is 5.02 Å². The third-order valence-corrected chi connectivity index (χ3v) is 3.88. The minimum absolute atomic E-state index is 0.188. The van der Waals surface area contributed by atoms with Gasteiger partial charge in [0.05, 0.1) is 12.7 Å². The molecule has 2 aromatic rings. The van der Waals surface area contributed by atoms with Gasteiger partial charge >= 0.3 is 5.97 Å². The molecule has 0 aliphatic heterocycles. The average Bonchev–Trinajstić information content (AvgIpc) is 2.59. The number of rotatable bonds is 5. The molecule has 2 aromatic carbocycles. The maximum Gasteiger partial charge on any atom is 0.337 e. The van der Waals surface area contributed by atoms with Crippen molar-refractivity contribution in [2.24, 2.45) is 0 Å². The topological polar surface area (TPSA) is 55.4 Å². The SMILES string of the molecule is CCc1ccc(C(=O)NCc2ccc(C(=O)OC)cc2)cc1Cl. The molecule has 23 heavy (non-hydrogen) atoms. The fraction of sp³-hybridized carbons (Fsp3) is 0.222. The van der Waals surface area contributed by atoms with Crippen molar-refractivity contribution >= 4 is 23.5 Å². The van der Waals surface area contributed by atoms with Crippen LogP contribution >= 0.6 is 11.6 Å². The van der Waals surface area contributed by atoms with Gasteiger partial charge in [0.25, 0.3) is 5.91 Å². The van der Waals surface area contributed by atoms with Gasteiger partial charge in [-0.05, 0) is 41.8 Å². The van der Waals surface area contributed by atoms with Gasteiger partial charge in [-0.15, -0.1) is 0 Å². The van der Waals surface area contributed by atoms with Crippen LogP contribution in [0.25, 0.3) is 0 Å². The molecule has 0 heterocycles. The lowest BCUT2D eigenvalue weighted by atomic mass is 10.1. The Balaban J connectivity index is 1.99. The number of carbonyl (C=O) groups is 2. The van der Waals surface area contributed by atoms with E-state index in [9.17, 15) is 9.59 Å². The molecule has 0 atom stereocenters. The van der Waals surface area contributed by atoms with Crippen LogP contribution in [0.4, 0.5) is 0 Å². The summed E-state index contributed by atoms with van der Waals surface area (Å²) in [4.78, 5) is 23.5. The van der Waals surface area contributed by atoms with Crippen molar-refractivity contribution in [3.63, 3.8) is 0 Å². The van der Waals surface area contributed by atoms with E-state index in [1.54, 1.807) is 36.4 Å². The Labute approximate surface area is 140 Å². The second-order valence-corrected chi connectivity index (χ2v) is 5.44. The van der Waals surface area contributed by atoms with Crippen LogP contribution in [-0.2, 0) is 17.7 Å². The lowest BCUT2D eigenvalue weighted by molar-refractivity contribution is 0.0600. The summed E-state index contributed by atoms with van der Waals surface area (Å²) in [6.07, 6.45) is 0.827. The van der Waals surface area contributed by atoms with Gasteiger partial charge in [0.15, 0.2) is 0 Å². The predicted octanol–water partition coefficient (Wildman–Crippen LogP) is 3.62. The molecule has 0 aliphatic carbocycles. The molecule has 0 radical (unpaired) electrons. The molecule has 0 bridgehead atoms. The number of hydrogen-bond acceptors (Lipinski definition) is 3. The van der Waals surface area contributed by atoms with Gasteiger partial charge in [-0.25, -0.2) is 4.79 Å². The van der Waals surface area contributed by atoms with Crippen LogP contribution in [-0.4, -0.2) is 19.0 Å². The van der Waals surface area contributed by atoms with E-state index in [2.05, 4.69) is 10.1 Å². The zero-order valence-corrected chi connectivity index (χ0v) is 13.8. The highest BCUT2D eigenvalue weighted by Gasteiger charge is 2.09. The maximum absolute atomic E-state index is 12.1. The van der Waals surface area contributed by atoms with Crippen LogP contribution in [0, 0.1) is 0 Å². The molecule has 0 unspecified atom stereocenters. The monoisotopic (exact) mass is 331 g/mol. The number of methoxy groups -OCH3 is 1. The highest BCUT2D eigenvalue weighted by molar-refractivity contribution is 6.31. The van der Waals surface area contributed by atoms with Gasteiger partial charge in [-0.3, -0.25) is 4.79 Å². The Morgan fingerprint density at radius 3 is 2.30 bits per heavy atom. The average molecular weight is 332 g/mol. The smallest absolute Gasteiger partial charge is 0.337 e. The molecule has 0 spiro atoms. The Morgan fingerprint density at radius 1 is 1.09 bits per heavy atom. The fourth-order valence-electron chi connectivity index (χ4n) is 2.14. The quantitative estimate of drug-likeness (QED) is 0.851. The third kappa shape index (κ3) is 4.33. The summed E-state index contributed by atoms with van der Waals surface area (Å²) in [6, 6.07) is 12.2. The van der Waals surface area contributed by atoms with Crippen molar-refractivity contribution in [3.8, 4) is 0 Å². The van der Waals surface area contributed by atoms with E-state index in [-0.39, 0.29) is 11.9 Å². The maximum atomic E-state index is 12.1. The zero-order valence-electron chi connectivity index (χ0n) is 13.1. The Bertz CT molecular complexity index is 711. The molecule has 0 aromatic heterocycles. The van der Waals surface area contributed by atoms with E-state index in [0.29, 0.717) is 22.7 Å². The Hall–Kier alpha value is -2.33. The van der Waals surface area contributed by atoms with Gasteiger partial charge < -0.3 is 10.1 Å². The van der Waals surface area contributed by atoms with Gasteiger partial charge in [-0.1, -0.05) is 36.7 Å². The Kier molecular flexibility index (Phi) is 5.77. The van der Waals surface area contributed by atoms with Gasteiger partial charge in [-0.2, -0.15) is 0 Å². The first-order valence-electron chi connectivity index (χ1n) is 7.29. The minimum atomic E-state index is -0.383. The van der Waals surface area contributed by atoms with Gasteiger partial charge in [0.2, 0.25) is 0 Å². The normalized spacial score (nSPS) is 10.2. The molecule has 2 rings (SSSR count). The van der Waals surface area contributed by atoms with E-state index in [0.717, 1.165) is 17.5 Å². The molecular weight excluding hydrogens is 314 g/mol. The lowest BCUT2D eigenvalue weighted by Crippen LogP contribution is -2.22. The van der Waals surface area contributed by atoms with Crippen molar-refractivity contribution in [3.05, 3.63) is 69.7 Å². The second kappa shape index (κ2) is 7.79. The first kappa shape index (κ1) is 17.0. The molecule has 0 saturated heterocycles. The van der Waals surface area contributed by atoms with E-state index in [1.165, 1.54) is 7.11 Å². The van der Waals surface area contributed by atoms with Crippen molar-refractivity contribution in [1.82, 2.24) is 5.32 Å². The zero-order chi connectivity index (χ0) is 16.8. The summed E-state index contributed by atoms with van der Waals surface area (Å²) in [5.41, 5.74) is 2.91. The molecule has 0 saturated carbocycles. The number of halogens is 1. The van der Waals surface area contributed by atoms with E-state index in [1.807, 2.05) is 13.0 Å². The van der Waals surface area contributed by atoms with Crippen molar-refractivity contribution < 1.29 is 14.3 Å². The summed E-state index contributed by atoms with van der Waals surface area (Å²) in [5.74, 6) is -0.571. The first-order valence-corrected chi connectivity index (χ1v) is 7.66. The largest absolute Gasteiger partial charge is 0.465 e. The van der Waals surface area contributed by atoms with Crippen molar-refractivity contribution in [2.45, 2.75) is 19.9 Å². The molecule has 4 nitrogen and oxygen atoms in total. The summed E-state index contributed by atoms with van der Waals surface area (Å²) in [7, 11) is 1.34. The Morgan fingerprint density at radius 2 is 1.74 bits per heavy atom. The molecule has 0 aliphatic rings. The van der Waals surface area contributed by atoms with Crippen molar-refractivity contribution in [2.75, 3.05) is 7.11 Å². The van der Waals surface area contributed by atoms with Gasteiger partial charge in [0, 0.05) is 17.1 Å². The van der Waals surface area contributed by atoms with Gasteiger partial charge in [0.1, 0.15) is 0 Å². The minimum Gasteiger partial charge on any atom is -0.465 e. The summed E-state index contributed by atoms with van der Waals surface area (Å²) in [5, 5.41) is 3.43. The molecular formula is C18H18ClNO3. The van der Waals surface area contributed by atoms with Crippen LogP contribution in [0.5, 0.6) is 0 Å². The third-order valence-electron chi connectivity index (χ3n) is 3.52. The number of benzene rings is 2. The summed E-state index contributed by atoms with van der Waals surface area (Å²) in [6.45, 7) is 2.38. The molecule has 5 heteroatoms. The number of esters is 1.